The minimum atomic E-state index is -1.27. The van der Waals surface area contributed by atoms with E-state index >= 15 is 0 Å². The van der Waals surface area contributed by atoms with Crippen LogP contribution in [0, 0.1) is 5.92 Å². The lowest BCUT2D eigenvalue weighted by Gasteiger charge is -2.39. The average molecular weight is 520 g/mol. The number of hydrogen-bond donors (Lipinski definition) is 3. The zero-order valence-corrected chi connectivity index (χ0v) is 24.5. The summed E-state index contributed by atoms with van der Waals surface area (Å²) in [5, 5.41) is 15.6. The van der Waals surface area contributed by atoms with Crippen molar-refractivity contribution < 1.29 is 24.2 Å². The summed E-state index contributed by atoms with van der Waals surface area (Å²) in [6.07, 6.45) is 1.54. The third-order valence-electron chi connectivity index (χ3n) is 5.79. The van der Waals surface area contributed by atoms with E-state index in [4.69, 9.17) is 4.74 Å². The molecule has 0 saturated carbocycles. The summed E-state index contributed by atoms with van der Waals surface area (Å²) in [6.45, 7) is 18.3. The highest BCUT2D eigenvalue weighted by atomic mass is 16.6. The first-order valence-corrected chi connectivity index (χ1v) is 13.3. The lowest BCUT2D eigenvalue weighted by Crippen LogP contribution is -2.57. The van der Waals surface area contributed by atoms with Crippen LogP contribution in [-0.4, -0.2) is 57.7 Å². The number of carbonyl (C=O) groups excluding carboxylic acids is 3. The summed E-state index contributed by atoms with van der Waals surface area (Å²) in [4.78, 5) is 41.7. The van der Waals surface area contributed by atoms with E-state index in [1.165, 1.54) is 4.90 Å². The van der Waals surface area contributed by atoms with Gasteiger partial charge in [-0.3, -0.25) is 9.59 Å². The number of benzene rings is 1. The van der Waals surface area contributed by atoms with E-state index in [9.17, 15) is 19.5 Å². The Balaban J connectivity index is 3.56. The fraction of sp³-hybridized carbons (Fsp3) is 0.690. The molecule has 3 atom stereocenters. The highest BCUT2D eigenvalue weighted by molar-refractivity contribution is 5.92. The number of aliphatic hydroxyl groups is 1. The van der Waals surface area contributed by atoms with E-state index in [1.54, 1.807) is 20.8 Å². The molecule has 0 aromatic heterocycles. The van der Waals surface area contributed by atoms with Gasteiger partial charge in [0.15, 0.2) is 0 Å². The number of alkyl carbamates (subject to hydrolysis) is 1. The molecule has 0 fully saturated rings. The Bertz CT molecular complexity index is 884. The average Bonchev–Trinajstić information content (AvgIpc) is 2.76. The molecule has 0 bridgehead atoms. The first-order chi connectivity index (χ1) is 17.0. The summed E-state index contributed by atoms with van der Waals surface area (Å²) < 4.78 is 5.31. The standard InChI is InChI=1S/C29H49N3O5/c1-11-21-14-16-22(17-15-21)24(25(34)31-28(5,6)7)32(20(4)13-12-19(2)3)26(35)23(18-33)30-27(36)37-29(8,9)10/h14-17,19-20,23-24,33H,11-13,18H2,1-10H3,(H,30,36)(H,31,34). The summed E-state index contributed by atoms with van der Waals surface area (Å²) >= 11 is 0. The number of ether oxygens (including phenoxy) is 1. The van der Waals surface area contributed by atoms with Crippen molar-refractivity contribution in [1.82, 2.24) is 15.5 Å². The third kappa shape index (κ3) is 11.1. The SMILES string of the molecule is CCc1ccc(C(C(=O)NC(C)(C)C)N(C(=O)C(CO)NC(=O)OC(C)(C)C)C(C)CCC(C)C)cc1. The molecule has 1 aromatic rings. The summed E-state index contributed by atoms with van der Waals surface area (Å²) in [5.74, 6) is -0.465. The zero-order chi connectivity index (χ0) is 28.6. The molecule has 0 radical (unpaired) electrons. The number of nitrogens with zero attached hydrogens (tertiary/aromatic N) is 1. The van der Waals surface area contributed by atoms with Crippen molar-refractivity contribution in [2.45, 2.75) is 118 Å². The van der Waals surface area contributed by atoms with Gasteiger partial charge in [0.1, 0.15) is 17.7 Å². The molecule has 8 heteroatoms. The maximum atomic E-state index is 14.0. The second-order valence-corrected chi connectivity index (χ2v) is 12.2. The number of aliphatic hydroxyl groups excluding tert-OH is 1. The Labute approximate surface area is 223 Å². The van der Waals surface area contributed by atoms with Crippen molar-refractivity contribution in [3.8, 4) is 0 Å². The maximum absolute atomic E-state index is 14.0. The second-order valence-electron chi connectivity index (χ2n) is 12.2. The Hall–Kier alpha value is -2.61. The van der Waals surface area contributed by atoms with Crippen molar-refractivity contribution >= 4 is 17.9 Å². The topological polar surface area (TPSA) is 108 Å². The second kappa shape index (κ2) is 13.8. The van der Waals surface area contributed by atoms with E-state index in [0.29, 0.717) is 17.9 Å². The molecule has 8 nitrogen and oxygen atoms in total. The van der Waals surface area contributed by atoms with Gasteiger partial charge in [-0.1, -0.05) is 45.0 Å². The Morgan fingerprint density at radius 3 is 1.97 bits per heavy atom. The van der Waals surface area contributed by atoms with Gasteiger partial charge in [-0.05, 0) is 84.8 Å². The van der Waals surface area contributed by atoms with Crippen molar-refractivity contribution in [1.29, 1.82) is 0 Å². The number of hydrogen-bond acceptors (Lipinski definition) is 5. The Morgan fingerprint density at radius 1 is 0.973 bits per heavy atom. The predicted molar refractivity (Wildman–Crippen MR) is 147 cm³/mol. The number of carbonyl (C=O) groups is 3. The van der Waals surface area contributed by atoms with Gasteiger partial charge in [-0.15, -0.1) is 0 Å². The smallest absolute Gasteiger partial charge is 0.408 e. The monoisotopic (exact) mass is 519 g/mol. The molecule has 0 saturated heterocycles. The molecule has 3 amide bonds. The van der Waals surface area contributed by atoms with Crippen molar-refractivity contribution in [2.75, 3.05) is 6.61 Å². The first kappa shape index (κ1) is 32.4. The first-order valence-electron chi connectivity index (χ1n) is 13.3. The minimum absolute atomic E-state index is 0.324. The molecule has 210 valence electrons. The molecule has 0 aliphatic carbocycles. The van der Waals surface area contributed by atoms with Gasteiger partial charge >= 0.3 is 6.09 Å². The predicted octanol–water partition coefficient (Wildman–Crippen LogP) is 4.74. The summed E-state index contributed by atoms with van der Waals surface area (Å²) in [7, 11) is 0. The lowest BCUT2D eigenvalue weighted by atomic mass is 9.95. The van der Waals surface area contributed by atoms with Gasteiger partial charge in [-0.25, -0.2) is 4.79 Å². The van der Waals surface area contributed by atoms with Crippen LogP contribution < -0.4 is 10.6 Å². The molecule has 3 unspecified atom stereocenters. The van der Waals surface area contributed by atoms with E-state index < -0.39 is 41.8 Å². The summed E-state index contributed by atoms with van der Waals surface area (Å²) in [6, 6.07) is 5.09. The van der Waals surface area contributed by atoms with E-state index in [-0.39, 0.29) is 11.9 Å². The quantitative estimate of drug-likeness (QED) is 0.391. The fourth-order valence-electron chi connectivity index (χ4n) is 3.94. The number of aryl methyl sites for hydroxylation is 1. The number of nitrogens with one attached hydrogen (secondary N) is 2. The highest BCUT2D eigenvalue weighted by Crippen LogP contribution is 2.28. The van der Waals surface area contributed by atoms with Gasteiger partial charge in [-0.2, -0.15) is 0 Å². The molecule has 1 rings (SSSR count). The number of amides is 3. The molecule has 1 aromatic carbocycles. The minimum Gasteiger partial charge on any atom is -0.444 e. The van der Waals surface area contributed by atoms with Crippen LogP contribution >= 0.6 is 0 Å². The largest absolute Gasteiger partial charge is 0.444 e. The summed E-state index contributed by atoms with van der Waals surface area (Å²) in [5.41, 5.74) is 0.481. The van der Waals surface area contributed by atoms with Crippen LogP contribution in [0.4, 0.5) is 4.79 Å². The zero-order valence-electron chi connectivity index (χ0n) is 24.5. The van der Waals surface area contributed by atoms with Crippen molar-refractivity contribution in [3.05, 3.63) is 35.4 Å². The normalized spacial score (nSPS) is 14.5. The van der Waals surface area contributed by atoms with E-state index in [0.717, 1.165) is 18.4 Å². The Morgan fingerprint density at radius 2 is 1.54 bits per heavy atom. The maximum Gasteiger partial charge on any atom is 0.408 e. The number of rotatable bonds is 11. The van der Waals surface area contributed by atoms with Gasteiger partial charge in [0.05, 0.1) is 6.61 Å². The van der Waals surface area contributed by atoms with Crippen LogP contribution in [0.5, 0.6) is 0 Å². The van der Waals surface area contributed by atoms with Gasteiger partial charge in [0, 0.05) is 11.6 Å². The van der Waals surface area contributed by atoms with Crippen LogP contribution in [-0.2, 0) is 20.7 Å². The van der Waals surface area contributed by atoms with Crippen LogP contribution in [0.1, 0.15) is 99.2 Å². The van der Waals surface area contributed by atoms with Crippen molar-refractivity contribution in [2.24, 2.45) is 5.92 Å². The molecular formula is C29H49N3O5. The molecule has 3 N–H and O–H groups in total. The van der Waals surface area contributed by atoms with Gasteiger partial charge in [0.2, 0.25) is 11.8 Å². The Kier molecular flexibility index (Phi) is 12.1. The molecule has 0 aliphatic heterocycles. The third-order valence-corrected chi connectivity index (χ3v) is 5.79. The van der Waals surface area contributed by atoms with Crippen LogP contribution in [0.2, 0.25) is 0 Å². The van der Waals surface area contributed by atoms with Crippen LogP contribution in [0.3, 0.4) is 0 Å². The van der Waals surface area contributed by atoms with Crippen LogP contribution in [0.25, 0.3) is 0 Å². The van der Waals surface area contributed by atoms with Gasteiger partial charge < -0.3 is 25.4 Å². The van der Waals surface area contributed by atoms with Crippen LogP contribution in [0.15, 0.2) is 24.3 Å². The molecule has 37 heavy (non-hydrogen) atoms. The highest BCUT2D eigenvalue weighted by Gasteiger charge is 2.39. The van der Waals surface area contributed by atoms with Gasteiger partial charge in [0.25, 0.3) is 0 Å². The molecule has 0 spiro atoms. The van der Waals surface area contributed by atoms with E-state index in [2.05, 4.69) is 31.4 Å². The van der Waals surface area contributed by atoms with Crippen molar-refractivity contribution in [3.63, 3.8) is 0 Å². The fourth-order valence-corrected chi connectivity index (χ4v) is 3.94. The molecular weight excluding hydrogens is 470 g/mol. The van der Waals surface area contributed by atoms with E-state index in [1.807, 2.05) is 52.0 Å². The molecule has 0 aliphatic rings. The molecule has 0 heterocycles. The lowest BCUT2D eigenvalue weighted by molar-refractivity contribution is -0.146.